The van der Waals surface area contributed by atoms with Crippen LogP contribution in [0.15, 0.2) is 28.7 Å². The number of aromatic nitrogens is 3. The molecule has 0 amide bonds. The molecule has 166 valence electrons. The van der Waals surface area contributed by atoms with Crippen LogP contribution in [0.5, 0.6) is 0 Å². The van der Waals surface area contributed by atoms with E-state index in [1.807, 2.05) is 24.3 Å². The Labute approximate surface area is 186 Å². The summed E-state index contributed by atoms with van der Waals surface area (Å²) in [6.07, 6.45) is 2.15. The van der Waals surface area contributed by atoms with Crippen LogP contribution in [0.2, 0.25) is 0 Å². The SMILES string of the molecule is CCCCNc1nc(NCCOCCOCCN)nc(NCc2ccc(Br)cc2)n1. The molecule has 5 N–H and O–H groups in total. The first-order chi connectivity index (χ1) is 14.7. The van der Waals surface area contributed by atoms with Gasteiger partial charge in [-0.3, -0.25) is 0 Å². The number of anilines is 3. The number of nitrogens with one attached hydrogen (secondary N) is 3. The zero-order valence-corrected chi connectivity index (χ0v) is 19.1. The molecule has 1 aromatic carbocycles. The number of hydrogen-bond donors (Lipinski definition) is 4. The third kappa shape index (κ3) is 10.1. The Kier molecular flexibility index (Phi) is 12.0. The van der Waals surface area contributed by atoms with E-state index in [-0.39, 0.29) is 0 Å². The zero-order chi connectivity index (χ0) is 21.4. The summed E-state index contributed by atoms with van der Waals surface area (Å²) in [4.78, 5) is 13.4. The van der Waals surface area contributed by atoms with Crippen molar-refractivity contribution in [1.82, 2.24) is 15.0 Å². The second-order valence-electron chi connectivity index (χ2n) is 6.51. The third-order valence-electron chi connectivity index (χ3n) is 3.98. The van der Waals surface area contributed by atoms with Crippen LogP contribution in [0.4, 0.5) is 17.8 Å². The lowest BCUT2D eigenvalue weighted by atomic mass is 10.2. The highest BCUT2D eigenvalue weighted by Gasteiger charge is 2.06. The fourth-order valence-electron chi connectivity index (χ4n) is 2.41. The quantitative estimate of drug-likeness (QED) is 0.268. The summed E-state index contributed by atoms with van der Waals surface area (Å²) >= 11 is 3.45. The smallest absolute Gasteiger partial charge is 0.229 e. The summed E-state index contributed by atoms with van der Waals surface area (Å²) in [6.45, 7) is 6.84. The Morgan fingerprint density at radius 3 is 2.07 bits per heavy atom. The highest BCUT2D eigenvalue weighted by Crippen LogP contribution is 2.13. The van der Waals surface area contributed by atoms with Crippen molar-refractivity contribution in [1.29, 1.82) is 0 Å². The molecule has 1 aromatic heterocycles. The van der Waals surface area contributed by atoms with Crippen LogP contribution in [0.3, 0.4) is 0 Å². The molecule has 0 aliphatic carbocycles. The van der Waals surface area contributed by atoms with Gasteiger partial charge >= 0.3 is 0 Å². The van der Waals surface area contributed by atoms with Crippen LogP contribution in [-0.2, 0) is 16.0 Å². The Hall–Kier alpha value is -2.01. The van der Waals surface area contributed by atoms with Gasteiger partial charge in [-0.15, -0.1) is 0 Å². The van der Waals surface area contributed by atoms with E-state index in [4.69, 9.17) is 15.2 Å². The topological polar surface area (TPSA) is 119 Å². The van der Waals surface area contributed by atoms with Crippen molar-refractivity contribution >= 4 is 33.8 Å². The molecule has 0 saturated heterocycles. The molecular formula is C20H32BrN7O2. The molecule has 0 radical (unpaired) electrons. The minimum atomic E-state index is 0.505. The first-order valence-electron chi connectivity index (χ1n) is 10.3. The second-order valence-corrected chi connectivity index (χ2v) is 7.42. The zero-order valence-electron chi connectivity index (χ0n) is 17.5. The van der Waals surface area contributed by atoms with Crippen molar-refractivity contribution in [2.24, 2.45) is 5.73 Å². The Bertz CT molecular complexity index is 719. The van der Waals surface area contributed by atoms with Gasteiger partial charge in [0, 0.05) is 30.7 Å². The molecule has 0 fully saturated rings. The Morgan fingerprint density at radius 2 is 1.43 bits per heavy atom. The maximum Gasteiger partial charge on any atom is 0.229 e. The molecule has 0 aliphatic rings. The van der Waals surface area contributed by atoms with Gasteiger partial charge in [0.1, 0.15) is 0 Å². The molecule has 2 aromatic rings. The highest BCUT2D eigenvalue weighted by atomic mass is 79.9. The van der Waals surface area contributed by atoms with E-state index >= 15 is 0 Å². The average Bonchev–Trinajstić information content (AvgIpc) is 2.75. The molecule has 0 unspecified atom stereocenters. The van der Waals surface area contributed by atoms with E-state index in [0.717, 1.165) is 29.4 Å². The summed E-state index contributed by atoms with van der Waals surface area (Å²) in [6, 6.07) is 8.12. The molecule has 2 rings (SSSR count). The molecular weight excluding hydrogens is 450 g/mol. The minimum Gasteiger partial charge on any atom is -0.378 e. The molecule has 0 spiro atoms. The van der Waals surface area contributed by atoms with Crippen molar-refractivity contribution in [2.75, 3.05) is 62.0 Å². The van der Waals surface area contributed by atoms with E-state index in [9.17, 15) is 0 Å². The molecule has 10 heteroatoms. The largest absolute Gasteiger partial charge is 0.378 e. The lowest BCUT2D eigenvalue weighted by Crippen LogP contribution is -2.17. The standard InChI is InChI=1S/C20H32BrN7O2/c1-2-3-9-23-18-26-19(24-10-12-30-14-13-29-11-8-22)28-20(27-18)25-15-16-4-6-17(21)7-5-16/h4-7H,2-3,8-15,22H2,1H3,(H3,23,24,25,26,27,28). The first kappa shape index (κ1) is 24.3. The summed E-state index contributed by atoms with van der Waals surface area (Å²) in [5.41, 5.74) is 6.51. The van der Waals surface area contributed by atoms with E-state index in [0.29, 0.717) is 63.9 Å². The lowest BCUT2D eigenvalue weighted by molar-refractivity contribution is 0.0547. The molecule has 0 saturated carbocycles. The van der Waals surface area contributed by atoms with E-state index in [1.165, 1.54) is 0 Å². The van der Waals surface area contributed by atoms with Crippen molar-refractivity contribution in [3.63, 3.8) is 0 Å². The molecule has 1 heterocycles. The maximum absolute atomic E-state index is 5.52. The van der Waals surface area contributed by atoms with Crippen LogP contribution < -0.4 is 21.7 Å². The van der Waals surface area contributed by atoms with Crippen LogP contribution in [-0.4, -0.2) is 61.0 Å². The number of nitrogens with zero attached hydrogens (tertiary/aromatic N) is 3. The minimum absolute atomic E-state index is 0.505. The lowest BCUT2D eigenvalue weighted by Gasteiger charge is -2.11. The van der Waals surface area contributed by atoms with E-state index < -0.39 is 0 Å². The average molecular weight is 482 g/mol. The van der Waals surface area contributed by atoms with E-state index in [1.54, 1.807) is 0 Å². The Morgan fingerprint density at radius 1 is 0.833 bits per heavy atom. The number of ether oxygens (including phenoxy) is 2. The van der Waals surface area contributed by atoms with Crippen LogP contribution in [0, 0.1) is 0 Å². The predicted octanol–water partition coefficient (Wildman–Crippen LogP) is 2.86. The summed E-state index contributed by atoms with van der Waals surface area (Å²) in [5, 5.41) is 9.71. The van der Waals surface area contributed by atoms with Crippen molar-refractivity contribution < 1.29 is 9.47 Å². The third-order valence-corrected chi connectivity index (χ3v) is 4.51. The molecule has 30 heavy (non-hydrogen) atoms. The first-order valence-corrected chi connectivity index (χ1v) is 11.1. The van der Waals surface area contributed by atoms with Crippen LogP contribution in [0.1, 0.15) is 25.3 Å². The summed E-state index contributed by atoms with van der Waals surface area (Å²) < 4.78 is 11.8. The normalized spacial score (nSPS) is 10.8. The molecule has 0 bridgehead atoms. The Balaban J connectivity index is 1.86. The number of rotatable bonds is 16. The van der Waals surface area contributed by atoms with Gasteiger partial charge in [-0.25, -0.2) is 0 Å². The van der Waals surface area contributed by atoms with Crippen molar-refractivity contribution in [3.8, 4) is 0 Å². The fraction of sp³-hybridized carbons (Fsp3) is 0.550. The number of hydrogen-bond acceptors (Lipinski definition) is 9. The summed E-state index contributed by atoms with van der Waals surface area (Å²) in [5.74, 6) is 1.58. The van der Waals surface area contributed by atoms with Gasteiger partial charge in [-0.05, 0) is 24.1 Å². The van der Waals surface area contributed by atoms with Gasteiger partial charge in [-0.1, -0.05) is 41.4 Å². The van der Waals surface area contributed by atoms with Gasteiger partial charge in [-0.2, -0.15) is 15.0 Å². The van der Waals surface area contributed by atoms with Crippen LogP contribution >= 0.6 is 15.9 Å². The highest BCUT2D eigenvalue weighted by molar-refractivity contribution is 9.10. The fourth-order valence-corrected chi connectivity index (χ4v) is 2.68. The van der Waals surface area contributed by atoms with Gasteiger partial charge in [0.05, 0.1) is 26.4 Å². The molecule has 9 nitrogen and oxygen atoms in total. The number of unbranched alkanes of at least 4 members (excludes halogenated alkanes) is 1. The molecule has 0 atom stereocenters. The predicted molar refractivity (Wildman–Crippen MR) is 124 cm³/mol. The van der Waals surface area contributed by atoms with Crippen LogP contribution in [0.25, 0.3) is 0 Å². The summed E-state index contributed by atoms with van der Waals surface area (Å²) in [7, 11) is 0. The van der Waals surface area contributed by atoms with Crippen molar-refractivity contribution in [3.05, 3.63) is 34.3 Å². The van der Waals surface area contributed by atoms with Gasteiger partial charge < -0.3 is 31.2 Å². The second kappa shape index (κ2) is 14.9. The maximum atomic E-state index is 5.52. The molecule has 0 aliphatic heterocycles. The monoisotopic (exact) mass is 481 g/mol. The van der Waals surface area contributed by atoms with Gasteiger partial charge in [0.25, 0.3) is 0 Å². The number of halogens is 1. The number of benzene rings is 1. The number of nitrogens with two attached hydrogens (primary N) is 1. The van der Waals surface area contributed by atoms with Crippen molar-refractivity contribution in [2.45, 2.75) is 26.3 Å². The van der Waals surface area contributed by atoms with Gasteiger partial charge in [0.15, 0.2) is 0 Å². The van der Waals surface area contributed by atoms with Gasteiger partial charge in [0.2, 0.25) is 17.8 Å². The van der Waals surface area contributed by atoms with E-state index in [2.05, 4.69) is 53.8 Å².